The first kappa shape index (κ1) is 20.3. The molecule has 6 nitrogen and oxygen atoms in total. The van der Waals surface area contributed by atoms with E-state index in [9.17, 15) is 13.6 Å². The van der Waals surface area contributed by atoms with Gasteiger partial charge in [0.15, 0.2) is 0 Å². The Hall–Kier alpha value is -2.97. The van der Waals surface area contributed by atoms with Crippen molar-refractivity contribution in [3.05, 3.63) is 75.9 Å². The van der Waals surface area contributed by atoms with Crippen molar-refractivity contribution in [2.75, 3.05) is 25.1 Å². The molecule has 1 aliphatic heterocycles. The number of rotatable bonds is 6. The molecule has 1 saturated heterocycles. The van der Waals surface area contributed by atoms with Gasteiger partial charge >= 0.3 is 0 Å². The predicted octanol–water partition coefficient (Wildman–Crippen LogP) is 4.21. The number of aromatic nitrogens is 2. The highest BCUT2D eigenvalue weighted by molar-refractivity contribution is 6.32. The third-order valence-corrected chi connectivity index (χ3v) is 5.09. The summed E-state index contributed by atoms with van der Waals surface area (Å²) in [5.74, 6) is 0.361. The zero-order valence-corrected chi connectivity index (χ0v) is 16.5. The van der Waals surface area contributed by atoms with Crippen LogP contribution < -0.4 is 15.6 Å². The van der Waals surface area contributed by atoms with Crippen LogP contribution in [0.1, 0.15) is 0 Å². The number of halogens is 3. The van der Waals surface area contributed by atoms with Crippen molar-refractivity contribution in [3.8, 4) is 17.2 Å². The summed E-state index contributed by atoms with van der Waals surface area (Å²) in [7, 11) is 0. The van der Waals surface area contributed by atoms with Crippen LogP contribution in [0.15, 0.2) is 59.5 Å². The number of hydrogen-bond acceptors (Lipinski definition) is 5. The summed E-state index contributed by atoms with van der Waals surface area (Å²) < 4.78 is 38.5. The van der Waals surface area contributed by atoms with E-state index in [4.69, 9.17) is 21.1 Å². The fourth-order valence-electron chi connectivity index (χ4n) is 3.03. The Kier molecular flexibility index (Phi) is 5.96. The molecule has 2 heterocycles. The highest BCUT2D eigenvalue weighted by Gasteiger charge is 2.28. The molecule has 156 valence electrons. The fourth-order valence-corrected chi connectivity index (χ4v) is 3.23. The first-order valence-electron chi connectivity index (χ1n) is 9.28. The van der Waals surface area contributed by atoms with Gasteiger partial charge in [0.2, 0.25) is 0 Å². The maximum Gasteiger partial charge on any atom is 0.292 e. The molecule has 0 bridgehead atoms. The molecule has 1 fully saturated rings. The molecule has 3 aromatic rings. The number of nitrogens with one attached hydrogen (secondary N) is 1. The standard InChI is InChI=1S/C21H18ClF2N3O3/c22-20-19(25-9-13-11-29-12-18(13)24)10-26-27(21(20)28)15-3-7-17(8-4-15)30-16-5-1-14(23)2-6-16/h1-8,10,13,18,25H,9,11-12H2/t13-,18-/m0/s1. The van der Waals surface area contributed by atoms with Crippen molar-refractivity contribution in [2.24, 2.45) is 5.92 Å². The van der Waals surface area contributed by atoms with E-state index in [-0.39, 0.29) is 23.4 Å². The lowest BCUT2D eigenvalue weighted by Gasteiger charge is -2.14. The van der Waals surface area contributed by atoms with Gasteiger partial charge in [-0.15, -0.1) is 0 Å². The molecule has 1 aliphatic rings. The van der Waals surface area contributed by atoms with E-state index in [0.29, 0.717) is 36.0 Å². The molecule has 0 aliphatic carbocycles. The van der Waals surface area contributed by atoms with Crippen molar-refractivity contribution in [2.45, 2.75) is 6.17 Å². The van der Waals surface area contributed by atoms with Crippen molar-refractivity contribution in [3.63, 3.8) is 0 Å². The van der Waals surface area contributed by atoms with Crippen molar-refractivity contribution >= 4 is 17.3 Å². The second kappa shape index (κ2) is 8.81. The average Bonchev–Trinajstić information content (AvgIpc) is 3.16. The lowest BCUT2D eigenvalue weighted by Crippen LogP contribution is -2.26. The Morgan fingerprint density at radius 1 is 1.13 bits per heavy atom. The highest BCUT2D eigenvalue weighted by atomic mass is 35.5. The number of ether oxygens (including phenoxy) is 2. The van der Waals surface area contributed by atoms with E-state index in [2.05, 4.69) is 10.4 Å². The second-order valence-electron chi connectivity index (χ2n) is 6.83. The van der Waals surface area contributed by atoms with Crippen LogP contribution in [-0.2, 0) is 4.74 Å². The SMILES string of the molecule is O=c1c(Cl)c(NC[C@H]2COC[C@@H]2F)cnn1-c1ccc(Oc2ccc(F)cc2)cc1. The molecular formula is C21H18ClF2N3O3. The average molecular weight is 434 g/mol. The van der Waals surface area contributed by atoms with Gasteiger partial charge in [-0.05, 0) is 48.5 Å². The van der Waals surface area contributed by atoms with Crippen LogP contribution in [0.2, 0.25) is 5.02 Å². The number of alkyl halides is 1. The Morgan fingerprint density at radius 2 is 1.80 bits per heavy atom. The largest absolute Gasteiger partial charge is 0.457 e. The summed E-state index contributed by atoms with van der Waals surface area (Å²) in [5.41, 5.74) is 0.328. The normalized spacial score (nSPS) is 18.4. The minimum Gasteiger partial charge on any atom is -0.457 e. The van der Waals surface area contributed by atoms with Gasteiger partial charge in [0.05, 0.1) is 30.8 Å². The first-order valence-corrected chi connectivity index (χ1v) is 9.66. The van der Waals surface area contributed by atoms with Gasteiger partial charge in [0, 0.05) is 12.5 Å². The highest BCUT2D eigenvalue weighted by Crippen LogP contribution is 2.24. The van der Waals surface area contributed by atoms with E-state index < -0.39 is 11.7 Å². The van der Waals surface area contributed by atoms with Crippen LogP contribution in [0.3, 0.4) is 0 Å². The minimum atomic E-state index is -1.04. The number of nitrogens with zero attached hydrogens (tertiary/aromatic N) is 2. The lowest BCUT2D eigenvalue weighted by atomic mass is 10.1. The lowest BCUT2D eigenvalue weighted by molar-refractivity contribution is 0.172. The van der Waals surface area contributed by atoms with Crippen LogP contribution in [0.4, 0.5) is 14.5 Å². The summed E-state index contributed by atoms with van der Waals surface area (Å²) in [6.07, 6.45) is 0.385. The van der Waals surface area contributed by atoms with Gasteiger partial charge in [-0.3, -0.25) is 4.79 Å². The molecule has 9 heteroatoms. The van der Waals surface area contributed by atoms with Gasteiger partial charge in [-0.25, -0.2) is 8.78 Å². The molecule has 0 unspecified atom stereocenters. The zero-order valence-electron chi connectivity index (χ0n) is 15.7. The molecule has 1 aromatic heterocycles. The molecule has 0 spiro atoms. The third-order valence-electron chi connectivity index (χ3n) is 4.72. The zero-order chi connectivity index (χ0) is 21.1. The summed E-state index contributed by atoms with van der Waals surface area (Å²) >= 11 is 6.21. The first-order chi connectivity index (χ1) is 14.5. The summed E-state index contributed by atoms with van der Waals surface area (Å²) in [4.78, 5) is 12.6. The van der Waals surface area contributed by atoms with Gasteiger partial charge in [0.1, 0.15) is 28.5 Å². The maximum atomic E-state index is 13.6. The molecule has 0 amide bonds. The van der Waals surface area contributed by atoms with Crippen LogP contribution in [-0.4, -0.2) is 35.7 Å². The van der Waals surface area contributed by atoms with Gasteiger partial charge in [-0.1, -0.05) is 11.6 Å². The third kappa shape index (κ3) is 4.44. The van der Waals surface area contributed by atoms with Gasteiger partial charge < -0.3 is 14.8 Å². The van der Waals surface area contributed by atoms with Crippen molar-refractivity contribution in [1.82, 2.24) is 9.78 Å². The molecule has 0 radical (unpaired) electrons. The summed E-state index contributed by atoms with van der Waals surface area (Å²) in [6, 6.07) is 12.3. The van der Waals surface area contributed by atoms with E-state index in [1.165, 1.54) is 30.5 Å². The fraction of sp³-hybridized carbons (Fsp3) is 0.238. The Balaban J connectivity index is 1.47. The van der Waals surface area contributed by atoms with Crippen molar-refractivity contribution in [1.29, 1.82) is 0 Å². The van der Waals surface area contributed by atoms with E-state index in [1.54, 1.807) is 24.3 Å². The molecular weight excluding hydrogens is 416 g/mol. The summed E-state index contributed by atoms with van der Waals surface area (Å²) in [6.45, 7) is 0.699. The molecule has 4 rings (SSSR count). The number of benzene rings is 2. The molecule has 0 saturated carbocycles. The van der Waals surface area contributed by atoms with Crippen LogP contribution in [0.25, 0.3) is 5.69 Å². The van der Waals surface area contributed by atoms with Gasteiger partial charge in [0.25, 0.3) is 5.56 Å². The van der Waals surface area contributed by atoms with Crippen LogP contribution in [0, 0.1) is 11.7 Å². The van der Waals surface area contributed by atoms with Crippen LogP contribution in [0.5, 0.6) is 11.5 Å². The van der Waals surface area contributed by atoms with E-state index in [1.807, 2.05) is 0 Å². The maximum absolute atomic E-state index is 13.6. The number of anilines is 1. The quantitative estimate of drug-likeness (QED) is 0.630. The molecule has 2 atom stereocenters. The number of hydrogen-bond donors (Lipinski definition) is 1. The van der Waals surface area contributed by atoms with E-state index in [0.717, 1.165) is 4.68 Å². The topological polar surface area (TPSA) is 65.4 Å². The smallest absolute Gasteiger partial charge is 0.292 e. The second-order valence-corrected chi connectivity index (χ2v) is 7.21. The Labute approximate surface area is 176 Å². The Bertz CT molecular complexity index is 1070. The van der Waals surface area contributed by atoms with Crippen molar-refractivity contribution < 1.29 is 18.3 Å². The summed E-state index contributed by atoms with van der Waals surface area (Å²) in [5, 5.41) is 7.08. The van der Waals surface area contributed by atoms with Crippen LogP contribution >= 0.6 is 11.6 Å². The predicted molar refractivity (Wildman–Crippen MR) is 109 cm³/mol. The van der Waals surface area contributed by atoms with Gasteiger partial charge in [-0.2, -0.15) is 9.78 Å². The minimum absolute atomic E-state index is 0.0361. The Morgan fingerprint density at radius 3 is 2.43 bits per heavy atom. The molecule has 30 heavy (non-hydrogen) atoms. The monoisotopic (exact) mass is 433 g/mol. The van der Waals surface area contributed by atoms with E-state index >= 15 is 0 Å². The molecule has 2 aromatic carbocycles. The molecule has 1 N–H and O–H groups in total.